The SMILES string of the molecule is Cc1ccc(CN2CCN(C)C(CC#N)C2=O)cc1. The zero-order valence-electron chi connectivity index (χ0n) is 11.5. The summed E-state index contributed by atoms with van der Waals surface area (Å²) in [4.78, 5) is 16.2. The molecule has 1 aliphatic rings. The number of rotatable bonds is 3. The van der Waals surface area contributed by atoms with E-state index in [0.717, 1.165) is 18.7 Å². The summed E-state index contributed by atoms with van der Waals surface area (Å²) < 4.78 is 0. The van der Waals surface area contributed by atoms with E-state index in [1.165, 1.54) is 5.56 Å². The highest BCUT2D eigenvalue weighted by molar-refractivity contribution is 5.82. The predicted octanol–water partition coefficient (Wildman–Crippen LogP) is 1.55. The van der Waals surface area contributed by atoms with E-state index in [0.29, 0.717) is 6.54 Å². The van der Waals surface area contributed by atoms with Gasteiger partial charge >= 0.3 is 0 Å². The Morgan fingerprint density at radius 2 is 2.00 bits per heavy atom. The van der Waals surface area contributed by atoms with Crippen molar-refractivity contribution < 1.29 is 4.79 Å². The molecule has 1 atom stereocenters. The summed E-state index contributed by atoms with van der Waals surface area (Å²) in [6.45, 7) is 4.23. The van der Waals surface area contributed by atoms with Crippen LogP contribution in [0.1, 0.15) is 17.5 Å². The average Bonchev–Trinajstić information content (AvgIpc) is 2.40. The normalized spacial score (nSPS) is 20.4. The maximum atomic E-state index is 12.3. The molecule has 19 heavy (non-hydrogen) atoms. The summed E-state index contributed by atoms with van der Waals surface area (Å²) in [6.07, 6.45) is 0.264. The van der Waals surface area contributed by atoms with E-state index in [9.17, 15) is 4.79 Å². The molecule has 0 aromatic heterocycles. The first-order valence-electron chi connectivity index (χ1n) is 6.53. The lowest BCUT2D eigenvalue weighted by Gasteiger charge is -2.37. The number of carbonyl (C=O) groups excluding carboxylic acids is 1. The third-order valence-electron chi connectivity index (χ3n) is 3.63. The van der Waals surface area contributed by atoms with Crippen LogP contribution < -0.4 is 0 Å². The van der Waals surface area contributed by atoms with Gasteiger partial charge in [-0.25, -0.2) is 0 Å². The fourth-order valence-corrected chi connectivity index (χ4v) is 2.34. The number of likely N-dealkylation sites (N-methyl/N-ethyl adjacent to an activating group) is 1. The van der Waals surface area contributed by atoms with Gasteiger partial charge in [-0.05, 0) is 19.5 Å². The lowest BCUT2D eigenvalue weighted by molar-refractivity contribution is -0.141. The molecule has 4 nitrogen and oxygen atoms in total. The van der Waals surface area contributed by atoms with Crippen molar-refractivity contribution >= 4 is 5.91 Å². The molecule has 100 valence electrons. The average molecular weight is 257 g/mol. The summed E-state index contributed by atoms with van der Waals surface area (Å²) in [5, 5.41) is 8.81. The highest BCUT2D eigenvalue weighted by Crippen LogP contribution is 2.15. The van der Waals surface area contributed by atoms with Gasteiger partial charge in [-0.1, -0.05) is 29.8 Å². The second-order valence-corrected chi connectivity index (χ2v) is 5.10. The standard InChI is InChI=1S/C15H19N3O/c1-12-3-5-13(6-4-12)11-18-10-9-17(2)14(7-8-16)15(18)19/h3-6,14H,7,9-11H2,1-2H3. The number of amides is 1. The molecule has 1 aliphatic heterocycles. The van der Waals surface area contributed by atoms with Gasteiger partial charge in [0.15, 0.2) is 0 Å². The minimum atomic E-state index is -0.288. The van der Waals surface area contributed by atoms with Crippen LogP contribution in [-0.4, -0.2) is 41.9 Å². The Morgan fingerprint density at radius 1 is 1.32 bits per heavy atom. The van der Waals surface area contributed by atoms with Gasteiger partial charge in [0.2, 0.25) is 5.91 Å². The lowest BCUT2D eigenvalue weighted by atomic mass is 10.1. The fourth-order valence-electron chi connectivity index (χ4n) is 2.34. The number of nitrogens with zero attached hydrogens (tertiary/aromatic N) is 3. The molecule has 4 heteroatoms. The molecule has 0 saturated carbocycles. The number of aryl methyl sites for hydroxylation is 1. The third-order valence-corrected chi connectivity index (χ3v) is 3.63. The van der Waals surface area contributed by atoms with E-state index in [2.05, 4.69) is 30.3 Å². The maximum absolute atomic E-state index is 12.3. The van der Waals surface area contributed by atoms with E-state index in [-0.39, 0.29) is 18.4 Å². The van der Waals surface area contributed by atoms with Crippen LogP contribution in [-0.2, 0) is 11.3 Å². The van der Waals surface area contributed by atoms with Gasteiger partial charge in [-0.2, -0.15) is 5.26 Å². The van der Waals surface area contributed by atoms with Gasteiger partial charge in [0.05, 0.1) is 12.5 Å². The largest absolute Gasteiger partial charge is 0.336 e. The number of benzene rings is 1. The molecule has 2 rings (SSSR count). The summed E-state index contributed by atoms with van der Waals surface area (Å²) >= 11 is 0. The van der Waals surface area contributed by atoms with E-state index in [1.54, 1.807) is 0 Å². The van der Waals surface area contributed by atoms with Crippen molar-refractivity contribution in [3.63, 3.8) is 0 Å². The van der Waals surface area contributed by atoms with Crippen molar-refractivity contribution in [2.75, 3.05) is 20.1 Å². The molecule has 1 aromatic rings. The molecular weight excluding hydrogens is 238 g/mol. The highest BCUT2D eigenvalue weighted by Gasteiger charge is 2.32. The van der Waals surface area contributed by atoms with Crippen molar-refractivity contribution in [2.24, 2.45) is 0 Å². The van der Waals surface area contributed by atoms with Crippen LogP contribution in [0.4, 0.5) is 0 Å². The molecule has 0 aliphatic carbocycles. The Bertz CT molecular complexity index is 489. The van der Waals surface area contributed by atoms with Crippen molar-refractivity contribution in [1.82, 2.24) is 9.80 Å². The predicted molar refractivity (Wildman–Crippen MR) is 73.2 cm³/mol. The highest BCUT2D eigenvalue weighted by atomic mass is 16.2. The zero-order chi connectivity index (χ0) is 13.8. The lowest BCUT2D eigenvalue weighted by Crippen LogP contribution is -2.54. The van der Waals surface area contributed by atoms with Crippen LogP contribution in [0.15, 0.2) is 24.3 Å². The van der Waals surface area contributed by atoms with Gasteiger partial charge < -0.3 is 4.90 Å². The summed E-state index contributed by atoms with van der Waals surface area (Å²) in [7, 11) is 1.91. The second-order valence-electron chi connectivity index (χ2n) is 5.10. The first kappa shape index (κ1) is 13.6. The van der Waals surface area contributed by atoms with Crippen molar-refractivity contribution in [1.29, 1.82) is 5.26 Å². The van der Waals surface area contributed by atoms with Crippen LogP contribution in [0.3, 0.4) is 0 Å². The monoisotopic (exact) mass is 257 g/mol. The first-order chi connectivity index (χ1) is 9.11. The van der Waals surface area contributed by atoms with E-state index >= 15 is 0 Å². The molecule has 1 amide bonds. The van der Waals surface area contributed by atoms with Gasteiger partial charge in [-0.3, -0.25) is 9.69 Å². The topological polar surface area (TPSA) is 47.3 Å². The van der Waals surface area contributed by atoms with Crippen LogP contribution in [0.25, 0.3) is 0 Å². The quantitative estimate of drug-likeness (QED) is 0.825. The Labute approximate surface area is 114 Å². The Kier molecular flexibility index (Phi) is 4.18. The molecule has 1 heterocycles. The van der Waals surface area contributed by atoms with E-state index in [1.807, 2.05) is 23.8 Å². The molecule has 0 bridgehead atoms. The minimum absolute atomic E-state index is 0.0656. The van der Waals surface area contributed by atoms with Crippen LogP contribution in [0, 0.1) is 18.3 Å². The number of hydrogen-bond acceptors (Lipinski definition) is 3. The maximum Gasteiger partial charge on any atom is 0.241 e. The molecule has 0 N–H and O–H groups in total. The summed E-state index contributed by atoms with van der Waals surface area (Å²) in [6, 6.07) is 10.0. The fraction of sp³-hybridized carbons (Fsp3) is 0.467. The first-order valence-corrected chi connectivity index (χ1v) is 6.53. The third kappa shape index (κ3) is 3.12. The Hall–Kier alpha value is -1.86. The van der Waals surface area contributed by atoms with E-state index < -0.39 is 0 Å². The second kappa shape index (κ2) is 5.85. The smallest absolute Gasteiger partial charge is 0.241 e. The van der Waals surface area contributed by atoms with Crippen LogP contribution >= 0.6 is 0 Å². The Morgan fingerprint density at radius 3 is 2.63 bits per heavy atom. The van der Waals surface area contributed by atoms with Gasteiger partial charge in [0, 0.05) is 19.6 Å². The van der Waals surface area contributed by atoms with Gasteiger partial charge in [0.25, 0.3) is 0 Å². The van der Waals surface area contributed by atoms with Crippen LogP contribution in [0.2, 0.25) is 0 Å². The van der Waals surface area contributed by atoms with Crippen LogP contribution in [0.5, 0.6) is 0 Å². The van der Waals surface area contributed by atoms with Gasteiger partial charge in [0.1, 0.15) is 6.04 Å². The van der Waals surface area contributed by atoms with Crippen molar-refractivity contribution in [3.05, 3.63) is 35.4 Å². The van der Waals surface area contributed by atoms with E-state index in [4.69, 9.17) is 5.26 Å². The van der Waals surface area contributed by atoms with Gasteiger partial charge in [-0.15, -0.1) is 0 Å². The summed E-state index contributed by atoms with van der Waals surface area (Å²) in [5.41, 5.74) is 2.36. The number of hydrogen-bond donors (Lipinski definition) is 0. The summed E-state index contributed by atoms with van der Waals surface area (Å²) in [5.74, 6) is 0.0656. The minimum Gasteiger partial charge on any atom is -0.336 e. The molecule has 0 spiro atoms. The van der Waals surface area contributed by atoms with Crippen molar-refractivity contribution in [3.8, 4) is 6.07 Å². The Balaban J connectivity index is 2.06. The molecule has 1 fully saturated rings. The molecular formula is C15H19N3O. The van der Waals surface area contributed by atoms with Crippen molar-refractivity contribution in [2.45, 2.75) is 25.9 Å². The number of nitriles is 1. The molecule has 1 saturated heterocycles. The zero-order valence-corrected chi connectivity index (χ0v) is 11.5. The molecule has 1 aromatic carbocycles. The number of piperazine rings is 1. The number of carbonyl (C=O) groups is 1. The molecule has 1 unspecified atom stereocenters. The molecule has 0 radical (unpaired) electrons.